The van der Waals surface area contributed by atoms with E-state index in [-0.39, 0.29) is 23.6 Å². The molecule has 0 spiro atoms. The number of carbonyl (C=O) groups is 2. The molecule has 2 amide bonds. The molecular formula is C12H22N4O3. The molecule has 1 rings (SSSR count). The zero-order valence-electron chi connectivity index (χ0n) is 11.6. The number of piperazine rings is 1. The fourth-order valence-electron chi connectivity index (χ4n) is 2.38. The molecule has 0 radical (unpaired) electrons. The zero-order valence-corrected chi connectivity index (χ0v) is 11.6. The van der Waals surface area contributed by atoms with Crippen LogP contribution in [0.25, 0.3) is 0 Å². The van der Waals surface area contributed by atoms with Gasteiger partial charge in [0.1, 0.15) is 12.0 Å². The Morgan fingerprint density at radius 1 is 1.63 bits per heavy atom. The van der Waals surface area contributed by atoms with Gasteiger partial charge in [0.25, 0.3) is 0 Å². The van der Waals surface area contributed by atoms with Crippen LogP contribution in [0.1, 0.15) is 27.2 Å². The smallest absolute Gasteiger partial charge is 0.242 e. The topological polar surface area (TPSA) is 108 Å². The van der Waals surface area contributed by atoms with Crippen molar-refractivity contribution in [3.05, 3.63) is 0 Å². The number of amides is 2. The summed E-state index contributed by atoms with van der Waals surface area (Å²) in [6.45, 7) is 6.38. The van der Waals surface area contributed by atoms with Gasteiger partial charge in [-0.25, -0.2) is 0 Å². The summed E-state index contributed by atoms with van der Waals surface area (Å²) < 4.78 is 0. The van der Waals surface area contributed by atoms with Crippen LogP contribution in [0.2, 0.25) is 0 Å². The maximum Gasteiger partial charge on any atom is 0.242 e. The number of hydrogen-bond acceptors (Lipinski definition) is 4. The second-order valence-corrected chi connectivity index (χ2v) is 4.99. The third-order valence-corrected chi connectivity index (χ3v) is 3.37. The maximum absolute atomic E-state index is 12.5. The summed E-state index contributed by atoms with van der Waals surface area (Å²) in [5.74, 6) is -1.33. The Kier molecular flexibility index (Phi) is 5.14. The quantitative estimate of drug-likeness (QED) is 0.283. The predicted octanol–water partition coefficient (Wildman–Crippen LogP) is -0.258. The van der Waals surface area contributed by atoms with Crippen LogP contribution in [0.5, 0.6) is 0 Å². The van der Waals surface area contributed by atoms with Crippen LogP contribution in [0.3, 0.4) is 0 Å². The van der Waals surface area contributed by atoms with Crippen LogP contribution >= 0.6 is 0 Å². The molecule has 2 atom stereocenters. The van der Waals surface area contributed by atoms with Gasteiger partial charge in [0.2, 0.25) is 11.8 Å². The molecule has 1 fully saturated rings. The monoisotopic (exact) mass is 270 g/mol. The Bertz CT molecular complexity index is 381. The van der Waals surface area contributed by atoms with Crippen molar-refractivity contribution in [2.45, 2.75) is 33.2 Å². The van der Waals surface area contributed by atoms with Crippen molar-refractivity contribution in [3.8, 4) is 0 Å². The molecular weight excluding hydrogens is 248 g/mol. The average Bonchev–Trinajstić information content (AvgIpc) is 2.37. The van der Waals surface area contributed by atoms with E-state index in [1.807, 2.05) is 20.8 Å². The highest BCUT2D eigenvalue weighted by atomic mass is 16.4. The molecule has 1 heterocycles. The van der Waals surface area contributed by atoms with Gasteiger partial charge < -0.3 is 21.2 Å². The van der Waals surface area contributed by atoms with E-state index in [9.17, 15) is 9.59 Å². The lowest BCUT2D eigenvalue weighted by molar-refractivity contribution is -0.145. The van der Waals surface area contributed by atoms with Crippen molar-refractivity contribution < 1.29 is 14.8 Å². The molecule has 0 aromatic heterocycles. The number of nitrogens with zero attached hydrogens (tertiary/aromatic N) is 2. The lowest BCUT2D eigenvalue weighted by atomic mass is 9.92. The Morgan fingerprint density at radius 2 is 2.26 bits per heavy atom. The second-order valence-electron chi connectivity index (χ2n) is 4.99. The maximum atomic E-state index is 12.5. The van der Waals surface area contributed by atoms with Crippen molar-refractivity contribution in [1.82, 2.24) is 10.2 Å². The van der Waals surface area contributed by atoms with Gasteiger partial charge >= 0.3 is 0 Å². The minimum absolute atomic E-state index is 0.106. The third-order valence-electron chi connectivity index (χ3n) is 3.37. The number of rotatable bonds is 4. The first-order valence-corrected chi connectivity index (χ1v) is 6.49. The first kappa shape index (κ1) is 15.3. The van der Waals surface area contributed by atoms with Crippen molar-refractivity contribution in [1.29, 1.82) is 0 Å². The van der Waals surface area contributed by atoms with Crippen molar-refractivity contribution in [2.24, 2.45) is 22.7 Å². The Morgan fingerprint density at radius 3 is 2.74 bits per heavy atom. The minimum Gasteiger partial charge on any atom is -0.409 e. The van der Waals surface area contributed by atoms with Crippen LogP contribution < -0.4 is 11.1 Å². The molecule has 0 saturated carbocycles. The van der Waals surface area contributed by atoms with E-state index >= 15 is 0 Å². The summed E-state index contributed by atoms with van der Waals surface area (Å²) in [5, 5.41) is 14.5. The molecule has 1 aliphatic heterocycles. The molecule has 4 N–H and O–H groups in total. The fourth-order valence-corrected chi connectivity index (χ4v) is 2.38. The molecule has 7 heteroatoms. The van der Waals surface area contributed by atoms with Gasteiger partial charge in [0.05, 0.1) is 0 Å². The number of nitrogens with one attached hydrogen (secondary N) is 1. The molecule has 19 heavy (non-hydrogen) atoms. The third kappa shape index (κ3) is 3.15. The molecule has 7 nitrogen and oxygen atoms in total. The van der Waals surface area contributed by atoms with Crippen LogP contribution in [-0.4, -0.2) is 46.9 Å². The number of carbonyl (C=O) groups excluding carboxylic acids is 2. The van der Waals surface area contributed by atoms with E-state index in [0.717, 1.165) is 0 Å². The second kappa shape index (κ2) is 6.40. The van der Waals surface area contributed by atoms with Gasteiger partial charge in [-0.1, -0.05) is 25.9 Å². The summed E-state index contributed by atoms with van der Waals surface area (Å²) in [7, 11) is 0. The van der Waals surface area contributed by atoms with Crippen LogP contribution in [0, 0.1) is 11.8 Å². The highest BCUT2D eigenvalue weighted by Gasteiger charge is 2.37. The Labute approximate surface area is 112 Å². The van der Waals surface area contributed by atoms with E-state index < -0.39 is 12.0 Å². The van der Waals surface area contributed by atoms with Gasteiger partial charge in [0, 0.05) is 13.1 Å². The molecule has 0 aromatic carbocycles. The predicted molar refractivity (Wildman–Crippen MR) is 70.5 cm³/mol. The largest absolute Gasteiger partial charge is 0.409 e. The van der Waals surface area contributed by atoms with E-state index in [1.54, 1.807) is 0 Å². The lowest BCUT2D eigenvalue weighted by Gasteiger charge is -2.37. The van der Waals surface area contributed by atoms with E-state index in [1.165, 1.54) is 4.90 Å². The van der Waals surface area contributed by atoms with Crippen molar-refractivity contribution >= 4 is 17.6 Å². The summed E-state index contributed by atoms with van der Waals surface area (Å²) in [5.41, 5.74) is 5.60. The number of nitrogens with two attached hydrogens (primary N) is 1. The summed E-state index contributed by atoms with van der Waals surface area (Å²) in [6, 6.07) is -0.478. The van der Waals surface area contributed by atoms with Gasteiger partial charge in [-0.15, -0.1) is 0 Å². The minimum atomic E-state index is -0.704. The SMILES string of the molecule is CCC1C(=O)NCCN1C(=O)C(C(N)=NO)C(C)C. The van der Waals surface area contributed by atoms with Crippen LogP contribution in [-0.2, 0) is 9.59 Å². The standard InChI is InChI=1S/C12H22N4O3/c1-4-8-11(17)14-5-6-16(8)12(18)9(7(2)3)10(13)15-19/h7-9,19H,4-6H2,1-3H3,(H2,13,15)(H,14,17). The van der Waals surface area contributed by atoms with Crippen LogP contribution in [0.15, 0.2) is 5.16 Å². The molecule has 1 aliphatic rings. The highest BCUT2D eigenvalue weighted by molar-refractivity contribution is 6.03. The van der Waals surface area contributed by atoms with E-state index in [0.29, 0.717) is 19.5 Å². The highest BCUT2D eigenvalue weighted by Crippen LogP contribution is 2.19. The molecule has 0 aliphatic carbocycles. The molecule has 1 saturated heterocycles. The average molecular weight is 270 g/mol. The van der Waals surface area contributed by atoms with Gasteiger partial charge in [-0.2, -0.15) is 0 Å². The zero-order chi connectivity index (χ0) is 14.6. The van der Waals surface area contributed by atoms with Gasteiger partial charge in [0.15, 0.2) is 5.84 Å². The number of oxime groups is 1. The van der Waals surface area contributed by atoms with E-state index in [2.05, 4.69) is 10.5 Å². The Hall–Kier alpha value is -1.79. The summed E-state index contributed by atoms with van der Waals surface area (Å²) in [6.07, 6.45) is 0.540. The van der Waals surface area contributed by atoms with Crippen molar-refractivity contribution in [2.75, 3.05) is 13.1 Å². The van der Waals surface area contributed by atoms with Crippen molar-refractivity contribution in [3.63, 3.8) is 0 Å². The first-order chi connectivity index (χ1) is 8.93. The normalized spacial score (nSPS) is 22.3. The molecule has 0 bridgehead atoms. The molecule has 108 valence electrons. The lowest BCUT2D eigenvalue weighted by Crippen LogP contribution is -2.59. The summed E-state index contributed by atoms with van der Waals surface area (Å²) in [4.78, 5) is 25.8. The van der Waals surface area contributed by atoms with Crippen LogP contribution in [0.4, 0.5) is 0 Å². The molecule has 0 aromatic rings. The van der Waals surface area contributed by atoms with E-state index in [4.69, 9.17) is 10.9 Å². The fraction of sp³-hybridized carbons (Fsp3) is 0.750. The van der Waals surface area contributed by atoms with Gasteiger partial charge in [-0.05, 0) is 12.3 Å². The first-order valence-electron chi connectivity index (χ1n) is 6.49. The number of amidine groups is 1. The Balaban J connectivity index is 2.98. The molecule has 2 unspecified atom stereocenters. The van der Waals surface area contributed by atoms with Gasteiger partial charge in [-0.3, -0.25) is 9.59 Å². The summed E-state index contributed by atoms with van der Waals surface area (Å²) >= 11 is 0. The number of hydrogen-bond donors (Lipinski definition) is 3.